The quantitative estimate of drug-likeness (QED) is 0.114. The van der Waals surface area contributed by atoms with E-state index in [1.54, 1.807) is 0 Å². The summed E-state index contributed by atoms with van der Waals surface area (Å²) in [6, 6.07) is 76.9. The van der Waals surface area contributed by atoms with E-state index in [0.29, 0.717) is 11.7 Å². The fourth-order valence-corrected chi connectivity index (χ4v) is 9.52. The summed E-state index contributed by atoms with van der Waals surface area (Å²) in [4.78, 5) is 20.2. The molecule has 4 heteroatoms. The molecule has 1 aromatic heterocycles. The molecule has 0 fully saturated rings. The van der Waals surface area contributed by atoms with Crippen LogP contribution in [0.4, 0.5) is 0 Å². The molecule has 2 aliphatic carbocycles. The van der Waals surface area contributed by atoms with Gasteiger partial charge < -0.3 is 0 Å². The minimum atomic E-state index is -0.502. The first-order valence-corrected chi connectivity index (χ1v) is 21.0. The SMILES string of the molecule is C=N/C(=N\C1=C(Cc2ccccc2)C2(c3ccccc31)c1ccccc1-c1ccccc12)c1ccc(-c2ccc(-c3nc(-c4ccccc4)cc(-c4ccccc4)n3)cc2)cc1. The van der Waals surface area contributed by atoms with Crippen LogP contribution in [0.1, 0.15) is 33.4 Å². The molecule has 0 saturated carbocycles. The molecule has 4 nitrogen and oxygen atoms in total. The minimum Gasteiger partial charge on any atom is -0.245 e. The predicted octanol–water partition coefficient (Wildman–Crippen LogP) is 13.6. The van der Waals surface area contributed by atoms with Crippen molar-refractivity contribution in [1.82, 2.24) is 9.97 Å². The summed E-state index contributed by atoms with van der Waals surface area (Å²) in [7, 11) is 0. The number of amidine groups is 1. The molecule has 0 bridgehead atoms. The molecule has 0 saturated heterocycles. The summed E-state index contributed by atoms with van der Waals surface area (Å²) in [5.74, 6) is 1.27. The zero-order chi connectivity index (χ0) is 41.5. The first kappa shape index (κ1) is 37.0. The first-order valence-electron chi connectivity index (χ1n) is 21.0. The third-order valence-corrected chi connectivity index (χ3v) is 12.4. The Labute approximate surface area is 362 Å². The van der Waals surface area contributed by atoms with Crippen molar-refractivity contribution in [3.8, 4) is 56.2 Å². The number of fused-ring (bicyclic) bond motifs is 7. The molecular weight excluding hydrogens is 753 g/mol. The molecule has 0 unspecified atom stereocenters. The Hall–Kier alpha value is -8.08. The Bertz CT molecular complexity index is 3080. The highest BCUT2D eigenvalue weighted by molar-refractivity contribution is 6.06. The van der Waals surface area contributed by atoms with E-state index in [0.717, 1.165) is 62.4 Å². The van der Waals surface area contributed by atoms with Gasteiger partial charge in [-0.2, -0.15) is 0 Å². The van der Waals surface area contributed by atoms with E-state index < -0.39 is 5.41 Å². The van der Waals surface area contributed by atoms with Gasteiger partial charge in [-0.1, -0.05) is 212 Å². The van der Waals surface area contributed by atoms with Crippen molar-refractivity contribution >= 4 is 18.3 Å². The van der Waals surface area contributed by atoms with Gasteiger partial charge in [-0.05, 0) is 69.3 Å². The zero-order valence-electron chi connectivity index (χ0n) is 34.0. The number of aliphatic imine (C=N–C) groups is 2. The van der Waals surface area contributed by atoms with Gasteiger partial charge in [0, 0.05) is 27.8 Å². The van der Waals surface area contributed by atoms with Crippen LogP contribution in [0.25, 0.3) is 61.9 Å². The Morgan fingerprint density at radius 1 is 0.435 bits per heavy atom. The Kier molecular flexibility index (Phi) is 9.24. The third kappa shape index (κ3) is 6.24. The van der Waals surface area contributed by atoms with Gasteiger partial charge in [-0.15, -0.1) is 0 Å². The number of allylic oxidation sites excluding steroid dienone is 1. The van der Waals surface area contributed by atoms with E-state index in [1.165, 1.54) is 39.0 Å². The number of benzene rings is 8. The number of rotatable bonds is 8. The first-order chi connectivity index (χ1) is 30.7. The van der Waals surface area contributed by atoms with E-state index in [1.807, 2.05) is 36.4 Å². The summed E-state index contributed by atoms with van der Waals surface area (Å²) >= 11 is 0. The topological polar surface area (TPSA) is 50.5 Å². The van der Waals surface area contributed by atoms with E-state index in [2.05, 4.69) is 194 Å². The normalized spacial score (nSPS) is 13.5. The molecule has 1 heterocycles. The fraction of sp³-hybridized carbons (Fsp3) is 0.0345. The summed E-state index contributed by atoms with van der Waals surface area (Å²) in [5.41, 5.74) is 18.3. The smallest absolute Gasteiger partial charge is 0.160 e. The number of hydrogen-bond donors (Lipinski definition) is 0. The summed E-state index contributed by atoms with van der Waals surface area (Å²) in [6.07, 6.45) is 0.728. The lowest BCUT2D eigenvalue weighted by molar-refractivity contribution is 0.740. The predicted molar refractivity (Wildman–Crippen MR) is 255 cm³/mol. The van der Waals surface area contributed by atoms with Crippen molar-refractivity contribution < 1.29 is 0 Å². The van der Waals surface area contributed by atoms with Crippen LogP contribution >= 0.6 is 0 Å². The molecule has 0 aliphatic heterocycles. The molecule has 9 aromatic rings. The maximum absolute atomic E-state index is 5.51. The number of aromatic nitrogens is 2. The molecule has 0 amide bonds. The molecule has 0 radical (unpaired) electrons. The molecule has 292 valence electrons. The van der Waals surface area contributed by atoms with Crippen molar-refractivity contribution in [2.75, 3.05) is 0 Å². The largest absolute Gasteiger partial charge is 0.245 e. The van der Waals surface area contributed by atoms with Gasteiger partial charge in [0.2, 0.25) is 0 Å². The van der Waals surface area contributed by atoms with Crippen LogP contribution in [-0.2, 0) is 11.8 Å². The summed E-state index contributed by atoms with van der Waals surface area (Å²) in [6.45, 7) is 4.06. The lowest BCUT2D eigenvalue weighted by atomic mass is 9.68. The van der Waals surface area contributed by atoms with Crippen molar-refractivity contribution in [2.24, 2.45) is 9.98 Å². The minimum absolute atomic E-state index is 0.502. The van der Waals surface area contributed by atoms with E-state index in [4.69, 9.17) is 15.0 Å². The highest BCUT2D eigenvalue weighted by Crippen LogP contribution is 2.62. The number of nitrogens with zero attached hydrogens (tertiary/aromatic N) is 4. The van der Waals surface area contributed by atoms with Crippen LogP contribution in [0.2, 0.25) is 0 Å². The highest BCUT2D eigenvalue weighted by atomic mass is 14.9. The van der Waals surface area contributed by atoms with Crippen LogP contribution in [0.3, 0.4) is 0 Å². The van der Waals surface area contributed by atoms with Crippen molar-refractivity contribution in [2.45, 2.75) is 11.8 Å². The third-order valence-electron chi connectivity index (χ3n) is 12.4. The lowest BCUT2D eigenvalue weighted by Gasteiger charge is -2.32. The molecular formula is C58H40N4. The van der Waals surface area contributed by atoms with Crippen LogP contribution in [-0.4, -0.2) is 22.5 Å². The van der Waals surface area contributed by atoms with Crippen molar-refractivity contribution in [1.29, 1.82) is 0 Å². The molecule has 62 heavy (non-hydrogen) atoms. The van der Waals surface area contributed by atoms with Crippen LogP contribution < -0.4 is 0 Å². The summed E-state index contributed by atoms with van der Waals surface area (Å²) in [5, 5.41) is 0. The maximum atomic E-state index is 5.51. The molecule has 0 N–H and O–H groups in total. The standard InChI is InChI=1S/C58H40N4/c1-59-56(44-33-29-40(30-34-44)41-31-35-45(36-32-41)57-60-53(42-19-7-3-8-20-42)38-54(61-57)43-21-9-4-10-22-43)62-55-48-25-13-16-28-51(48)58(52(55)37-39-17-5-2-6-18-39)49-26-14-11-23-46(49)47-24-12-15-27-50(47)58/h2-36,38H,1,37H2/b62-56-. The van der Waals surface area contributed by atoms with E-state index in [9.17, 15) is 0 Å². The second-order valence-electron chi connectivity index (χ2n) is 15.8. The zero-order valence-corrected chi connectivity index (χ0v) is 34.0. The Morgan fingerprint density at radius 3 is 1.40 bits per heavy atom. The second kappa shape index (κ2) is 15.5. The monoisotopic (exact) mass is 792 g/mol. The van der Waals surface area contributed by atoms with Crippen LogP contribution in [0.5, 0.6) is 0 Å². The molecule has 0 atom stereocenters. The van der Waals surface area contributed by atoms with Gasteiger partial charge in [0.05, 0.1) is 22.5 Å². The second-order valence-corrected chi connectivity index (χ2v) is 15.8. The van der Waals surface area contributed by atoms with Crippen molar-refractivity contribution in [3.05, 3.63) is 257 Å². The average molecular weight is 793 g/mol. The van der Waals surface area contributed by atoms with Gasteiger partial charge in [-0.3, -0.25) is 0 Å². The molecule has 11 rings (SSSR count). The molecule has 2 aliphatic rings. The maximum Gasteiger partial charge on any atom is 0.160 e. The lowest BCUT2D eigenvalue weighted by Crippen LogP contribution is -2.28. The fourth-order valence-electron chi connectivity index (χ4n) is 9.52. The molecule has 1 spiro atoms. The molecule has 8 aromatic carbocycles. The Morgan fingerprint density at radius 2 is 0.871 bits per heavy atom. The van der Waals surface area contributed by atoms with Gasteiger partial charge in [0.1, 0.15) is 0 Å². The van der Waals surface area contributed by atoms with Crippen molar-refractivity contribution in [3.63, 3.8) is 0 Å². The van der Waals surface area contributed by atoms with Gasteiger partial charge in [0.25, 0.3) is 0 Å². The number of hydrogen-bond acceptors (Lipinski definition) is 3. The van der Waals surface area contributed by atoms with E-state index >= 15 is 0 Å². The van der Waals surface area contributed by atoms with Gasteiger partial charge in [0.15, 0.2) is 11.7 Å². The average Bonchev–Trinajstić information content (AvgIpc) is 3.80. The highest BCUT2D eigenvalue weighted by Gasteiger charge is 2.52. The Balaban J connectivity index is 0.975. The van der Waals surface area contributed by atoms with Gasteiger partial charge >= 0.3 is 0 Å². The van der Waals surface area contributed by atoms with Gasteiger partial charge in [-0.25, -0.2) is 20.0 Å². The summed E-state index contributed by atoms with van der Waals surface area (Å²) < 4.78 is 0. The van der Waals surface area contributed by atoms with Crippen LogP contribution in [0, 0.1) is 0 Å². The van der Waals surface area contributed by atoms with E-state index in [-0.39, 0.29) is 0 Å². The van der Waals surface area contributed by atoms with Crippen LogP contribution in [0.15, 0.2) is 234 Å².